The van der Waals surface area contributed by atoms with Crippen LogP contribution in [0.3, 0.4) is 0 Å². The molecule has 2 aromatic heterocycles. The Hall–Kier alpha value is -3.54. The Balaban J connectivity index is 0.000000701. The molecule has 0 unspecified atom stereocenters. The second kappa shape index (κ2) is 8.93. The summed E-state index contributed by atoms with van der Waals surface area (Å²) >= 11 is 0. The van der Waals surface area contributed by atoms with Gasteiger partial charge in [-0.15, -0.1) is 0 Å². The van der Waals surface area contributed by atoms with E-state index < -0.39 is 0 Å². The number of anilines is 1. The Labute approximate surface area is 145 Å². The minimum absolute atomic E-state index is 0.250. The molecule has 2 heterocycles. The number of nitrogens with one attached hydrogen (secondary N) is 1. The Morgan fingerprint density at radius 2 is 1.76 bits per heavy atom. The Morgan fingerprint density at radius 3 is 2.36 bits per heavy atom. The monoisotopic (exact) mass is 336 g/mol. The van der Waals surface area contributed by atoms with Crippen LogP contribution < -0.4 is 11.1 Å². The lowest BCUT2D eigenvalue weighted by atomic mass is 10.1. The van der Waals surface area contributed by atoms with E-state index >= 15 is 0 Å². The van der Waals surface area contributed by atoms with Crippen LogP contribution in [-0.4, -0.2) is 16.4 Å². The van der Waals surface area contributed by atoms with Gasteiger partial charge in [-0.2, -0.15) is 0 Å². The molecule has 0 saturated heterocycles. The van der Waals surface area contributed by atoms with Crippen LogP contribution in [0, 0.1) is 5.82 Å². The SMILES string of the molecule is C=C(Nc1ccc(-c2ccncc2)cn1)c1ccccc1F.NC=O. The predicted octanol–water partition coefficient (Wildman–Crippen LogP) is 3.47. The predicted molar refractivity (Wildman–Crippen MR) is 96.8 cm³/mol. The number of benzene rings is 1. The topological polar surface area (TPSA) is 80.9 Å². The van der Waals surface area contributed by atoms with E-state index in [1.807, 2.05) is 24.3 Å². The number of nitrogens with two attached hydrogens (primary N) is 1. The molecule has 5 nitrogen and oxygen atoms in total. The highest BCUT2D eigenvalue weighted by Gasteiger charge is 2.06. The van der Waals surface area contributed by atoms with Crippen molar-refractivity contribution in [2.45, 2.75) is 0 Å². The van der Waals surface area contributed by atoms with Gasteiger partial charge in [-0.1, -0.05) is 18.7 Å². The third-order valence-corrected chi connectivity index (χ3v) is 3.26. The highest BCUT2D eigenvalue weighted by atomic mass is 19.1. The van der Waals surface area contributed by atoms with E-state index in [4.69, 9.17) is 4.79 Å². The molecular weight excluding hydrogens is 319 g/mol. The normalized spacial score (nSPS) is 9.48. The molecule has 0 spiro atoms. The van der Waals surface area contributed by atoms with Gasteiger partial charge < -0.3 is 11.1 Å². The lowest BCUT2D eigenvalue weighted by Crippen LogP contribution is -2.01. The summed E-state index contributed by atoms with van der Waals surface area (Å²) in [6.45, 7) is 3.86. The van der Waals surface area contributed by atoms with Crippen molar-refractivity contribution in [2.75, 3.05) is 5.32 Å². The zero-order valence-corrected chi connectivity index (χ0v) is 13.4. The van der Waals surface area contributed by atoms with Crippen molar-refractivity contribution in [1.82, 2.24) is 9.97 Å². The summed E-state index contributed by atoms with van der Waals surface area (Å²) in [5.41, 5.74) is 7.11. The van der Waals surface area contributed by atoms with E-state index in [2.05, 4.69) is 27.6 Å². The maximum absolute atomic E-state index is 13.7. The molecule has 0 atom stereocenters. The van der Waals surface area contributed by atoms with E-state index in [9.17, 15) is 4.39 Å². The fraction of sp³-hybridized carbons (Fsp3) is 0. The molecule has 126 valence electrons. The van der Waals surface area contributed by atoms with Crippen molar-refractivity contribution >= 4 is 17.9 Å². The number of carbonyl (C=O) groups excluding carboxylic acids is 1. The lowest BCUT2D eigenvalue weighted by Gasteiger charge is -2.10. The molecule has 0 aliphatic carbocycles. The van der Waals surface area contributed by atoms with Crippen molar-refractivity contribution in [3.8, 4) is 11.1 Å². The van der Waals surface area contributed by atoms with Gasteiger partial charge >= 0.3 is 0 Å². The van der Waals surface area contributed by atoms with Gasteiger partial charge in [0, 0.05) is 35.4 Å². The minimum atomic E-state index is -0.312. The van der Waals surface area contributed by atoms with Crippen molar-refractivity contribution in [3.63, 3.8) is 0 Å². The summed E-state index contributed by atoms with van der Waals surface area (Å²) in [5.74, 6) is 0.305. The molecule has 0 saturated carbocycles. The number of pyridine rings is 2. The number of halogens is 1. The Morgan fingerprint density at radius 1 is 1.08 bits per heavy atom. The standard InChI is InChI=1S/C18H14FN3.CH3NO/c1-13(16-4-2-3-5-17(16)19)22-18-7-6-15(12-21-18)14-8-10-20-11-9-14;2-1-3/h2-12H,1H2,(H,21,22);1H,(H2,2,3). The molecule has 1 amide bonds. The quantitative estimate of drug-likeness (QED) is 0.715. The molecule has 0 aliphatic heterocycles. The molecule has 3 N–H and O–H groups in total. The van der Waals surface area contributed by atoms with Gasteiger partial charge in [-0.25, -0.2) is 9.37 Å². The number of aromatic nitrogens is 2. The van der Waals surface area contributed by atoms with Crippen LogP contribution in [0.4, 0.5) is 10.2 Å². The third kappa shape index (κ3) is 4.97. The Bertz CT molecular complexity index is 836. The van der Waals surface area contributed by atoms with Crippen molar-refractivity contribution in [2.24, 2.45) is 5.73 Å². The zero-order valence-electron chi connectivity index (χ0n) is 13.4. The highest BCUT2D eigenvalue weighted by molar-refractivity contribution is 5.74. The lowest BCUT2D eigenvalue weighted by molar-refractivity contribution is -0.106. The largest absolute Gasteiger partial charge is 0.372 e. The van der Waals surface area contributed by atoms with Crippen LogP contribution in [0.15, 0.2) is 73.7 Å². The van der Waals surface area contributed by atoms with Gasteiger partial charge in [0.1, 0.15) is 11.6 Å². The first-order chi connectivity index (χ1) is 12.2. The van der Waals surface area contributed by atoms with Gasteiger partial charge in [-0.05, 0) is 42.0 Å². The summed E-state index contributed by atoms with van der Waals surface area (Å²) in [7, 11) is 0. The first-order valence-corrected chi connectivity index (χ1v) is 7.38. The van der Waals surface area contributed by atoms with Crippen LogP contribution in [0.25, 0.3) is 16.8 Å². The van der Waals surface area contributed by atoms with E-state index in [1.54, 1.807) is 36.8 Å². The van der Waals surface area contributed by atoms with Crippen LogP contribution in [0.2, 0.25) is 0 Å². The zero-order chi connectivity index (χ0) is 18.1. The van der Waals surface area contributed by atoms with Crippen LogP contribution in [0.1, 0.15) is 5.56 Å². The highest BCUT2D eigenvalue weighted by Crippen LogP contribution is 2.21. The molecule has 0 bridgehead atoms. The van der Waals surface area contributed by atoms with Crippen LogP contribution in [-0.2, 0) is 4.79 Å². The number of hydrogen-bond donors (Lipinski definition) is 2. The number of primary amides is 1. The van der Waals surface area contributed by atoms with E-state index in [1.165, 1.54) is 6.07 Å². The number of carbonyl (C=O) groups is 1. The van der Waals surface area contributed by atoms with E-state index in [0.717, 1.165) is 11.1 Å². The van der Waals surface area contributed by atoms with Crippen molar-refractivity contribution < 1.29 is 9.18 Å². The van der Waals surface area contributed by atoms with Crippen molar-refractivity contribution in [1.29, 1.82) is 0 Å². The van der Waals surface area contributed by atoms with Crippen LogP contribution in [0.5, 0.6) is 0 Å². The second-order valence-electron chi connectivity index (χ2n) is 4.89. The average molecular weight is 336 g/mol. The van der Waals surface area contributed by atoms with Gasteiger partial charge in [0.2, 0.25) is 6.41 Å². The average Bonchev–Trinajstić information content (AvgIpc) is 2.64. The Kier molecular flexibility index (Phi) is 6.36. The summed E-state index contributed by atoms with van der Waals surface area (Å²) < 4.78 is 13.7. The first kappa shape index (κ1) is 17.8. The maximum Gasteiger partial charge on any atom is 0.204 e. The summed E-state index contributed by atoms with van der Waals surface area (Å²) in [6, 6.07) is 14.1. The molecule has 3 aromatic rings. The molecule has 25 heavy (non-hydrogen) atoms. The van der Waals surface area contributed by atoms with Gasteiger partial charge in [0.05, 0.1) is 0 Å². The second-order valence-corrected chi connectivity index (χ2v) is 4.89. The van der Waals surface area contributed by atoms with Gasteiger partial charge in [0.25, 0.3) is 0 Å². The minimum Gasteiger partial charge on any atom is -0.372 e. The molecule has 0 fully saturated rings. The molecule has 0 aliphatic rings. The van der Waals surface area contributed by atoms with Gasteiger partial charge in [-0.3, -0.25) is 9.78 Å². The van der Waals surface area contributed by atoms with Crippen LogP contribution >= 0.6 is 0 Å². The van der Waals surface area contributed by atoms with E-state index in [-0.39, 0.29) is 12.2 Å². The number of hydrogen-bond acceptors (Lipinski definition) is 4. The fourth-order valence-corrected chi connectivity index (χ4v) is 2.11. The summed E-state index contributed by atoms with van der Waals surface area (Å²) in [4.78, 5) is 16.9. The molecular formula is C19H17FN4O. The number of rotatable bonds is 4. The molecule has 1 aromatic carbocycles. The third-order valence-electron chi connectivity index (χ3n) is 3.26. The fourth-order valence-electron chi connectivity index (χ4n) is 2.11. The first-order valence-electron chi connectivity index (χ1n) is 7.38. The van der Waals surface area contributed by atoms with Crippen molar-refractivity contribution in [3.05, 3.63) is 85.1 Å². The number of amides is 1. The molecule has 0 radical (unpaired) electrons. The molecule has 6 heteroatoms. The number of nitrogens with zero attached hydrogens (tertiary/aromatic N) is 2. The maximum atomic E-state index is 13.7. The summed E-state index contributed by atoms with van der Waals surface area (Å²) in [5, 5.41) is 3.02. The van der Waals surface area contributed by atoms with Gasteiger partial charge in [0.15, 0.2) is 0 Å². The van der Waals surface area contributed by atoms with E-state index in [0.29, 0.717) is 17.1 Å². The summed E-state index contributed by atoms with van der Waals surface area (Å²) in [6.07, 6.45) is 5.48. The molecule has 3 rings (SSSR count). The smallest absolute Gasteiger partial charge is 0.204 e.